The van der Waals surface area contributed by atoms with Gasteiger partial charge >= 0.3 is 5.97 Å². The van der Waals surface area contributed by atoms with Gasteiger partial charge in [-0.15, -0.1) is 0 Å². The molecule has 1 heterocycles. The highest BCUT2D eigenvalue weighted by Crippen LogP contribution is 2.35. The van der Waals surface area contributed by atoms with Crippen LogP contribution in [0, 0.1) is 0 Å². The topological polar surface area (TPSA) is 29.5 Å². The Morgan fingerprint density at radius 1 is 1.10 bits per heavy atom. The standard InChI is InChI=1S/C17H17NO2/c1-20-17(19)15-9-5-11-16-14(15)10-6-12-18(16)13-7-3-2-4-8-13/h2-5,7-9,11H,6,10,12H2,1H3. The normalized spacial score (nSPS) is 13.8. The van der Waals surface area contributed by atoms with Crippen LogP contribution in [0.4, 0.5) is 11.4 Å². The second kappa shape index (κ2) is 5.37. The van der Waals surface area contributed by atoms with Gasteiger partial charge in [0, 0.05) is 17.9 Å². The number of carbonyl (C=O) groups excluding carboxylic acids is 1. The lowest BCUT2D eigenvalue weighted by Gasteiger charge is -2.32. The molecular weight excluding hydrogens is 250 g/mol. The molecule has 0 amide bonds. The van der Waals surface area contributed by atoms with E-state index < -0.39 is 0 Å². The molecule has 0 aliphatic carbocycles. The number of esters is 1. The van der Waals surface area contributed by atoms with E-state index in [0.717, 1.165) is 36.3 Å². The average Bonchev–Trinajstić information content (AvgIpc) is 2.54. The van der Waals surface area contributed by atoms with Crippen molar-refractivity contribution < 1.29 is 9.53 Å². The van der Waals surface area contributed by atoms with Gasteiger partial charge in [0.2, 0.25) is 0 Å². The van der Waals surface area contributed by atoms with E-state index in [1.165, 1.54) is 7.11 Å². The fourth-order valence-electron chi connectivity index (χ4n) is 2.80. The quantitative estimate of drug-likeness (QED) is 0.779. The number of methoxy groups -OCH3 is 1. The molecule has 2 aromatic carbocycles. The van der Waals surface area contributed by atoms with Gasteiger partial charge in [-0.05, 0) is 42.7 Å². The van der Waals surface area contributed by atoms with E-state index in [9.17, 15) is 4.79 Å². The van der Waals surface area contributed by atoms with Gasteiger partial charge in [-0.2, -0.15) is 0 Å². The zero-order chi connectivity index (χ0) is 13.9. The maximum Gasteiger partial charge on any atom is 0.338 e. The number of ether oxygens (including phenoxy) is 1. The highest BCUT2D eigenvalue weighted by Gasteiger charge is 2.23. The second-order valence-corrected chi connectivity index (χ2v) is 4.89. The maximum absolute atomic E-state index is 11.9. The molecule has 1 aliphatic heterocycles. The summed E-state index contributed by atoms with van der Waals surface area (Å²) < 4.78 is 4.89. The minimum absolute atomic E-state index is 0.253. The maximum atomic E-state index is 11.9. The van der Waals surface area contributed by atoms with Crippen molar-refractivity contribution in [2.75, 3.05) is 18.6 Å². The van der Waals surface area contributed by atoms with Crippen molar-refractivity contribution in [3.8, 4) is 0 Å². The number of anilines is 2. The Morgan fingerprint density at radius 3 is 2.65 bits per heavy atom. The summed E-state index contributed by atoms with van der Waals surface area (Å²) >= 11 is 0. The average molecular weight is 267 g/mol. The van der Waals surface area contributed by atoms with Gasteiger partial charge in [0.05, 0.1) is 12.7 Å². The van der Waals surface area contributed by atoms with Crippen molar-refractivity contribution in [2.24, 2.45) is 0 Å². The molecule has 102 valence electrons. The van der Waals surface area contributed by atoms with Gasteiger partial charge < -0.3 is 9.64 Å². The molecule has 0 N–H and O–H groups in total. The summed E-state index contributed by atoms with van der Waals surface area (Å²) in [4.78, 5) is 14.2. The van der Waals surface area contributed by atoms with E-state index in [1.54, 1.807) is 0 Å². The van der Waals surface area contributed by atoms with Crippen LogP contribution in [0.2, 0.25) is 0 Å². The number of hydrogen-bond donors (Lipinski definition) is 0. The molecule has 1 aliphatic rings. The molecule has 3 rings (SSSR count). The van der Waals surface area contributed by atoms with E-state index in [1.807, 2.05) is 30.3 Å². The Kier molecular flexibility index (Phi) is 3.42. The van der Waals surface area contributed by atoms with E-state index in [4.69, 9.17) is 4.74 Å². The van der Waals surface area contributed by atoms with Crippen molar-refractivity contribution in [3.63, 3.8) is 0 Å². The molecule has 0 saturated carbocycles. The lowest BCUT2D eigenvalue weighted by molar-refractivity contribution is 0.0599. The fraction of sp³-hybridized carbons (Fsp3) is 0.235. The highest BCUT2D eigenvalue weighted by atomic mass is 16.5. The molecule has 0 saturated heterocycles. The minimum Gasteiger partial charge on any atom is -0.465 e. The Morgan fingerprint density at radius 2 is 1.90 bits per heavy atom. The van der Waals surface area contributed by atoms with Crippen molar-refractivity contribution in [1.29, 1.82) is 0 Å². The first-order valence-electron chi connectivity index (χ1n) is 6.84. The highest BCUT2D eigenvalue weighted by molar-refractivity contribution is 5.93. The molecule has 2 aromatic rings. The van der Waals surface area contributed by atoms with Gasteiger partial charge in [-0.25, -0.2) is 4.79 Å². The molecule has 0 radical (unpaired) electrons. The van der Waals surface area contributed by atoms with Gasteiger partial charge in [0.1, 0.15) is 0 Å². The van der Waals surface area contributed by atoms with Gasteiger partial charge in [-0.1, -0.05) is 24.3 Å². The van der Waals surface area contributed by atoms with E-state index in [-0.39, 0.29) is 5.97 Å². The lowest BCUT2D eigenvalue weighted by Crippen LogP contribution is -2.26. The Bertz CT molecular complexity index is 622. The molecular formula is C17H17NO2. The predicted molar refractivity (Wildman–Crippen MR) is 79.6 cm³/mol. The second-order valence-electron chi connectivity index (χ2n) is 4.89. The first-order valence-corrected chi connectivity index (χ1v) is 6.84. The molecule has 20 heavy (non-hydrogen) atoms. The molecule has 0 fully saturated rings. The summed E-state index contributed by atoms with van der Waals surface area (Å²) in [5.41, 5.74) is 4.06. The number of nitrogens with zero attached hydrogens (tertiary/aromatic N) is 1. The van der Waals surface area contributed by atoms with Gasteiger partial charge in [0.25, 0.3) is 0 Å². The van der Waals surface area contributed by atoms with E-state index >= 15 is 0 Å². The molecule has 3 heteroatoms. The van der Waals surface area contributed by atoms with E-state index in [2.05, 4.69) is 23.1 Å². The van der Waals surface area contributed by atoms with Crippen LogP contribution in [0.15, 0.2) is 48.5 Å². The molecule has 0 aromatic heterocycles. The zero-order valence-electron chi connectivity index (χ0n) is 11.5. The molecule has 3 nitrogen and oxygen atoms in total. The summed E-state index contributed by atoms with van der Waals surface area (Å²) in [5, 5.41) is 0. The summed E-state index contributed by atoms with van der Waals surface area (Å²) in [6.07, 6.45) is 1.96. The van der Waals surface area contributed by atoms with Crippen LogP contribution in [-0.2, 0) is 11.2 Å². The summed E-state index contributed by atoms with van der Waals surface area (Å²) in [7, 11) is 1.43. The van der Waals surface area contributed by atoms with Crippen LogP contribution < -0.4 is 4.90 Å². The number of benzene rings is 2. The van der Waals surface area contributed by atoms with Crippen LogP contribution in [0.3, 0.4) is 0 Å². The molecule has 0 bridgehead atoms. The Labute approximate surface area is 118 Å². The Balaban J connectivity index is 2.08. The summed E-state index contributed by atoms with van der Waals surface area (Å²) in [6, 6.07) is 16.1. The van der Waals surface area contributed by atoms with Crippen molar-refractivity contribution in [1.82, 2.24) is 0 Å². The first-order chi connectivity index (χ1) is 9.81. The van der Waals surface area contributed by atoms with Crippen LogP contribution in [0.5, 0.6) is 0 Å². The van der Waals surface area contributed by atoms with Crippen molar-refractivity contribution in [2.45, 2.75) is 12.8 Å². The number of rotatable bonds is 2. The third-order valence-corrected chi connectivity index (χ3v) is 3.72. The monoisotopic (exact) mass is 267 g/mol. The van der Waals surface area contributed by atoms with Crippen LogP contribution in [-0.4, -0.2) is 19.6 Å². The largest absolute Gasteiger partial charge is 0.465 e. The van der Waals surface area contributed by atoms with Crippen molar-refractivity contribution >= 4 is 17.3 Å². The number of carbonyl (C=O) groups is 1. The third-order valence-electron chi connectivity index (χ3n) is 3.72. The number of fused-ring (bicyclic) bond motifs is 1. The first kappa shape index (κ1) is 12.7. The van der Waals surface area contributed by atoms with Crippen LogP contribution >= 0.6 is 0 Å². The smallest absolute Gasteiger partial charge is 0.338 e. The molecule has 0 atom stereocenters. The number of hydrogen-bond acceptors (Lipinski definition) is 3. The summed E-state index contributed by atoms with van der Waals surface area (Å²) in [6.45, 7) is 0.974. The lowest BCUT2D eigenvalue weighted by atomic mass is 9.96. The Hall–Kier alpha value is -2.29. The van der Waals surface area contributed by atoms with Gasteiger partial charge in [-0.3, -0.25) is 0 Å². The van der Waals surface area contributed by atoms with Crippen LogP contribution in [0.1, 0.15) is 22.3 Å². The summed E-state index contributed by atoms with van der Waals surface area (Å²) in [5.74, 6) is -0.253. The third kappa shape index (κ3) is 2.16. The number of para-hydroxylation sites is 1. The SMILES string of the molecule is COC(=O)c1cccc2c1CCCN2c1ccccc1. The minimum atomic E-state index is -0.253. The fourth-order valence-corrected chi connectivity index (χ4v) is 2.80. The van der Waals surface area contributed by atoms with Crippen LogP contribution in [0.25, 0.3) is 0 Å². The molecule has 0 unspecified atom stereocenters. The van der Waals surface area contributed by atoms with Gasteiger partial charge in [0.15, 0.2) is 0 Å². The molecule has 0 spiro atoms. The van der Waals surface area contributed by atoms with E-state index in [0.29, 0.717) is 5.56 Å². The predicted octanol–water partition coefficient (Wildman–Crippen LogP) is 3.56. The zero-order valence-corrected chi connectivity index (χ0v) is 11.5. The van der Waals surface area contributed by atoms with Crippen molar-refractivity contribution in [3.05, 3.63) is 59.7 Å².